The molecule has 0 bridgehead atoms. The molecule has 1 aliphatic rings. The van der Waals surface area contributed by atoms with Gasteiger partial charge in [0.2, 0.25) is 11.8 Å². The minimum absolute atomic E-state index is 0.0449. The van der Waals surface area contributed by atoms with E-state index in [1.165, 1.54) is 0 Å². The van der Waals surface area contributed by atoms with E-state index in [-0.39, 0.29) is 17.9 Å². The topological polar surface area (TPSA) is 49.4 Å². The second-order valence-corrected chi connectivity index (χ2v) is 6.22. The third-order valence-electron chi connectivity index (χ3n) is 3.78. The molecule has 1 aromatic rings. The summed E-state index contributed by atoms with van der Waals surface area (Å²) in [4.78, 5) is 26.0. The summed E-state index contributed by atoms with van der Waals surface area (Å²) in [5, 5.41) is 2.95. The van der Waals surface area contributed by atoms with Crippen LogP contribution >= 0.6 is 15.9 Å². The van der Waals surface area contributed by atoms with Gasteiger partial charge in [0.15, 0.2) is 0 Å². The molecule has 2 amide bonds. The fraction of sp³-hybridized carbons (Fsp3) is 0.500. The number of nitrogens with one attached hydrogen (secondary N) is 1. The normalized spacial score (nSPS) is 18.4. The van der Waals surface area contributed by atoms with Gasteiger partial charge in [-0.3, -0.25) is 9.59 Å². The van der Waals surface area contributed by atoms with Crippen molar-refractivity contribution in [2.75, 3.05) is 6.54 Å². The molecule has 1 N–H and O–H groups in total. The van der Waals surface area contributed by atoms with Gasteiger partial charge in [0.05, 0.1) is 0 Å². The Morgan fingerprint density at radius 3 is 2.90 bits per heavy atom. The predicted molar refractivity (Wildman–Crippen MR) is 85.6 cm³/mol. The van der Waals surface area contributed by atoms with Crippen molar-refractivity contribution in [2.24, 2.45) is 0 Å². The number of amides is 2. The quantitative estimate of drug-likeness (QED) is 0.905. The smallest absolute Gasteiger partial charge is 0.243 e. The number of likely N-dealkylation sites (tertiary alicyclic amines) is 1. The Kier molecular flexibility index (Phi) is 5.79. The molecule has 1 atom stereocenters. The lowest BCUT2D eigenvalue weighted by Crippen LogP contribution is -2.51. The molecular weight excluding hydrogens is 332 g/mol. The largest absolute Gasteiger partial charge is 0.350 e. The van der Waals surface area contributed by atoms with Gasteiger partial charge in [0.1, 0.15) is 6.04 Å². The van der Waals surface area contributed by atoms with Gasteiger partial charge in [-0.05, 0) is 37.0 Å². The van der Waals surface area contributed by atoms with Crippen LogP contribution in [-0.2, 0) is 16.1 Å². The summed E-state index contributed by atoms with van der Waals surface area (Å²) in [6.45, 7) is 3.03. The van der Waals surface area contributed by atoms with Crippen molar-refractivity contribution in [1.82, 2.24) is 10.2 Å². The number of halogens is 1. The molecule has 5 heteroatoms. The lowest BCUT2D eigenvalue weighted by Gasteiger charge is -2.34. The molecular formula is C16H21BrN2O2. The number of carbonyl (C=O) groups excluding carboxylic acids is 2. The summed E-state index contributed by atoms with van der Waals surface area (Å²) in [6, 6.07) is 7.54. The van der Waals surface area contributed by atoms with Crippen LogP contribution in [0.3, 0.4) is 0 Å². The maximum Gasteiger partial charge on any atom is 0.243 e. The Bertz CT molecular complexity index is 519. The van der Waals surface area contributed by atoms with Gasteiger partial charge in [-0.1, -0.05) is 35.0 Å². The summed E-state index contributed by atoms with van der Waals surface area (Å²) in [5.74, 6) is 0.0220. The van der Waals surface area contributed by atoms with E-state index in [1.807, 2.05) is 31.2 Å². The molecule has 1 fully saturated rings. The van der Waals surface area contributed by atoms with Gasteiger partial charge in [0.25, 0.3) is 0 Å². The Balaban J connectivity index is 1.96. The molecule has 2 rings (SSSR count). The van der Waals surface area contributed by atoms with Crippen molar-refractivity contribution in [3.05, 3.63) is 34.3 Å². The van der Waals surface area contributed by atoms with Gasteiger partial charge in [-0.2, -0.15) is 0 Å². The van der Waals surface area contributed by atoms with E-state index in [1.54, 1.807) is 4.90 Å². The van der Waals surface area contributed by atoms with Gasteiger partial charge in [0, 0.05) is 24.0 Å². The van der Waals surface area contributed by atoms with Crippen LogP contribution in [-0.4, -0.2) is 29.3 Å². The van der Waals surface area contributed by atoms with Gasteiger partial charge >= 0.3 is 0 Å². The highest BCUT2D eigenvalue weighted by Gasteiger charge is 2.30. The predicted octanol–water partition coefficient (Wildman–Crippen LogP) is 2.86. The molecule has 1 heterocycles. The fourth-order valence-electron chi connectivity index (χ4n) is 2.66. The first-order valence-corrected chi connectivity index (χ1v) is 8.22. The van der Waals surface area contributed by atoms with E-state index < -0.39 is 0 Å². The zero-order valence-electron chi connectivity index (χ0n) is 12.3. The first-order chi connectivity index (χ1) is 10.1. The zero-order valence-corrected chi connectivity index (χ0v) is 13.9. The number of rotatable bonds is 4. The van der Waals surface area contributed by atoms with Crippen LogP contribution in [0.15, 0.2) is 28.7 Å². The lowest BCUT2D eigenvalue weighted by molar-refractivity contribution is -0.142. The molecule has 21 heavy (non-hydrogen) atoms. The molecule has 4 nitrogen and oxygen atoms in total. The number of piperidine rings is 1. The lowest BCUT2D eigenvalue weighted by atomic mass is 10.0. The molecule has 0 aliphatic carbocycles. The van der Waals surface area contributed by atoms with Crippen LogP contribution < -0.4 is 5.32 Å². The van der Waals surface area contributed by atoms with Crippen molar-refractivity contribution in [2.45, 2.75) is 45.2 Å². The van der Waals surface area contributed by atoms with Gasteiger partial charge < -0.3 is 10.2 Å². The Morgan fingerprint density at radius 1 is 1.38 bits per heavy atom. The van der Waals surface area contributed by atoms with Crippen LogP contribution in [0, 0.1) is 0 Å². The molecule has 0 aromatic heterocycles. The SMILES string of the molecule is CCC(=O)N1CCCC[C@H]1C(=O)NCc1cccc(Br)c1. The Hall–Kier alpha value is -1.36. The minimum Gasteiger partial charge on any atom is -0.350 e. The van der Waals surface area contributed by atoms with Crippen molar-refractivity contribution in [3.8, 4) is 0 Å². The van der Waals surface area contributed by atoms with Crippen LogP contribution in [0.2, 0.25) is 0 Å². The van der Waals surface area contributed by atoms with E-state index >= 15 is 0 Å². The molecule has 0 spiro atoms. The third kappa shape index (κ3) is 4.30. The summed E-state index contributed by atoms with van der Waals surface area (Å²) in [5.41, 5.74) is 1.04. The minimum atomic E-state index is -0.307. The average molecular weight is 353 g/mol. The standard InChI is InChI=1S/C16H21BrN2O2/c1-2-15(20)19-9-4-3-8-14(19)16(21)18-11-12-6-5-7-13(17)10-12/h5-7,10,14H,2-4,8-9,11H2,1H3,(H,18,21)/t14-/m0/s1. The first-order valence-electron chi connectivity index (χ1n) is 7.43. The van der Waals surface area contributed by atoms with Crippen LogP contribution in [0.1, 0.15) is 38.2 Å². The molecule has 1 aliphatic heterocycles. The fourth-order valence-corrected chi connectivity index (χ4v) is 3.11. The highest BCUT2D eigenvalue weighted by molar-refractivity contribution is 9.10. The number of benzene rings is 1. The first kappa shape index (κ1) is 16.0. The molecule has 1 aromatic carbocycles. The van der Waals surface area contributed by atoms with Crippen molar-refractivity contribution in [1.29, 1.82) is 0 Å². The van der Waals surface area contributed by atoms with E-state index in [0.717, 1.165) is 29.3 Å². The summed E-state index contributed by atoms with van der Waals surface area (Å²) in [7, 11) is 0. The van der Waals surface area contributed by atoms with Gasteiger partial charge in [-0.15, -0.1) is 0 Å². The van der Waals surface area contributed by atoms with E-state index in [0.29, 0.717) is 19.5 Å². The van der Waals surface area contributed by atoms with Crippen molar-refractivity contribution < 1.29 is 9.59 Å². The maximum atomic E-state index is 12.4. The average Bonchev–Trinajstić information content (AvgIpc) is 2.52. The zero-order chi connectivity index (χ0) is 15.2. The monoisotopic (exact) mass is 352 g/mol. The van der Waals surface area contributed by atoms with Crippen molar-refractivity contribution >= 4 is 27.7 Å². The highest BCUT2D eigenvalue weighted by atomic mass is 79.9. The van der Waals surface area contributed by atoms with E-state index in [9.17, 15) is 9.59 Å². The van der Waals surface area contributed by atoms with E-state index in [2.05, 4.69) is 21.2 Å². The molecule has 0 unspecified atom stereocenters. The van der Waals surface area contributed by atoms with Crippen LogP contribution in [0.5, 0.6) is 0 Å². The summed E-state index contributed by atoms with van der Waals surface area (Å²) >= 11 is 3.42. The molecule has 0 saturated carbocycles. The van der Waals surface area contributed by atoms with Crippen LogP contribution in [0.4, 0.5) is 0 Å². The Labute approximate surface area is 134 Å². The molecule has 0 radical (unpaired) electrons. The highest BCUT2D eigenvalue weighted by Crippen LogP contribution is 2.18. The number of hydrogen-bond acceptors (Lipinski definition) is 2. The van der Waals surface area contributed by atoms with E-state index in [4.69, 9.17) is 0 Å². The Morgan fingerprint density at radius 2 is 2.19 bits per heavy atom. The van der Waals surface area contributed by atoms with Crippen LogP contribution in [0.25, 0.3) is 0 Å². The molecule has 1 saturated heterocycles. The molecule has 114 valence electrons. The number of carbonyl (C=O) groups is 2. The summed E-state index contributed by atoms with van der Waals surface area (Å²) in [6.07, 6.45) is 3.20. The third-order valence-corrected chi connectivity index (χ3v) is 4.28. The number of nitrogens with zero attached hydrogens (tertiary/aromatic N) is 1. The second kappa shape index (κ2) is 7.59. The summed E-state index contributed by atoms with van der Waals surface area (Å²) < 4.78 is 0.995. The number of hydrogen-bond donors (Lipinski definition) is 1. The van der Waals surface area contributed by atoms with Gasteiger partial charge in [-0.25, -0.2) is 0 Å². The van der Waals surface area contributed by atoms with Crippen molar-refractivity contribution in [3.63, 3.8) is 0 Å². The second-order valence-electron chi connectivity index (χ2n) is 5.30. The maximum absolute atomic E-state index is 12.4.